The highest BCUT2D eigenvalue weighted by Crippen LogP contribution is 2.45. The van der Waals surface area contributed by atoms with Crippen LogP contribution in [-0.4, -0.2) is 55.2 Å². The quantitative estimate of drug-likeness (QED) is 0.268. The first kappa shape index (κ1) is 26.4. The Labute approximate surface area is 232 Å². The van der Waals surface area contributed by atoms with Crippen LogP contribution >= 0.6 is 0 Å². The highest BCUT2D eigenvalue weighted by Gasteiger charge is 2.37. The molecule has 0 radical (unpaired) electrons. The summed E-state index contributed by atoms with van der Waals surface area (Å²) in [6.45, 7) is 0. The lowest BCUT2D eigenvalue weighted by atomic mass is 9.83. The van der Waals surface area contributed by atoms with Crippen LogP contribution in [0.15, 0.2) is 58.6 Å². The predicted molar refractivity (Wildman–Crippen MR) is 142 cm³/mol. The van der Waals surface area contributed by atoms with Crippen LogP contribution in [0.5, 0.6) is 0 Å². The maximum absolute atomic E-state index is 14.1. The van der Waals surface area contributed by atoms with E-state index in [9.17, 15) is 23.2 Å². The van der Waals surface area contributed by atoms with Crippen molar-refractivity contribution in [1.82, 2.24) is 49.3 Å². The topological polar surface area (TPSA) is 197 Å². The molecule has 15 nitrogen and oxygen atoms in total. The zero-order chi connectivity index (χ0) is 29.7. The number of nitrogens with one attached hydrogen (secondary N) is 2. The first-order chi connectivity index (χ1) is 20.1. The summed E-state index contributed by atoms with van der Waals surface area (Å²) in [6.07, 6.45) is 2.62. The fourth-order valence-electron chi connectivity index (χ4n) is 4.90. The summed E-state index contributed by atoms with van der Waals surface area (Å²) in [4.78, 5) is 42.5. The number of carbonyl (C=O) groups excluding carboxylic acids is 1. The SMILES string of the molecule is Cn1ncnc1[C@H]1c2n[nH]c(=O)c3cc(F)cc(c23)N[C@@H]1c1ccc(F)cc1.Cn1nnc2c(C(N)=O)ncn2c1=O. The van der Waals surface area contributed by atoms with Crippen molar-refractivity contribution in [1.29, 1.82) is 0 Å². The standard InChI is InChI=1S/C19H14F2N6O.C6H6N6O2/c1-27-18(22-8-23-27)15-16(9-2-4-10(20)5-3-9)24-13-7-11(21)6-12-14(13)17(15)25-26-19(12)28;1-11-6(14)12-2-8-3(4(7)13)5(12)9-10-11/h2-8,15-16,24H,1H3,(H,26,28);2H,1H3,(H2,7,13)/t15-,16-;/m1./s1. The van der Waals surface area contributed by atoms with Crippen molar-refractivity contribution in [2.24, 2.45) is 19.8 Å². The predicted octanol–water partition coefficient (Wildman–Crippen LogP) is 0.550. The van der Waals surface area contributed by atoms with Gasteiger partial charge in [0.25, 0.3) is 11.5 Å². The summed E-state index contributed by atoms with van der Waals surface area (Å²) >= 11 is 0. The van der Waals surface area contributed by atoms with Gasteiger partial charge in [0.1, 0.15) is 30.1 Å². The minimum Gasteiger partial charge on any atom is -0.376 e. The summed E-state index contributed by atoms with van der Waals surface area (Å²) in [5.41, 5.74) is 5.90. The van der Waals surface area contributed by atoms with Crippen LogP contribution in [0, 0.1) is 11.6 Å². The number of aromatic amines is 1. The molecule has 2 atom stereocenters. The number of carbonyl (C=O) groups is 1. The average molecular weight is 575 g/mol. The molecule has 1 amide bonds. The molecule has 6 aromatic rings. The number of nitrogens with two attached hydrogens (primary N) is 1. The van der Waals surface area contributed by atoms with Crippen molar-refractivity contribution in [3.8, 4) is 0 Å². The van der Waals surface area contributed by atoms with Crippen molar-refractivity contribution < 1.29 is 13.6 Å². The average Bonchev–Trinajstić information content (AvgIpc) is 3.59. The van der Waals surface area contributed by atoms with E-state index >= 15 is 0 Å². The molecule has 1 aliphatic heterocycles. The number of nitrogens with zero attached hydrogens (tertiary/aromatic N) is 9. The Morgan fingerprint density at radius 3 is 2.48 bits per heavy atom. The second-order valence-electron chi connectivity index (χ2n) is 9.35. The van der Waals surface area contributed by atoms with Crippen LogP contribution in [0.25, 0.3) is 16.4 Å². The number of imidazole rings is 1. The van der Waals surface area contributed by atoms with Crippen molar-refractivity contribution in [2.75, 3.05) is 5.32 Å². The van der Waals surface area contributed by atoms with Crippen molar-refractivity contribution in [2.45, 2.75) is 12.0 Å². The van der Waals surface area contributed by atoms with Gasteiger partial charge in [-0.3, -0.25) is 14.3 Å². The second kappa shape index (κ2) is 9.95. The Balaban J connectivity index is 0.000000189. The van der Waals surface area contributed by atoms with Gasteiger partial charge in [0, 0.05) is 25.2 Å². The molecule has 0 saturated heterocycles. The molecule has 1 aliphatic rings. The normalized spacial score (nSPS) is 15.7. The Kier molecular flexibility index (Phi) is 6.24. The lowest BCUT2D eigenvalue weighted by Gasteiger charge is -2.33. The van der Waals surface area contributed by atoms with Gasteiger partial charge in [0.15, 0.2) is 11.3 Å². The van der Waals surface area contributed by atoms with Crippen LogP contribution in [-0.2, 0) is 14.1 Å². The minimum atomic E-state index is -0.741. The maximum Gasteiger partial charge on any atom is 0.352 e. The number of halogens is 2. The number of H-pyrrole nitrogens is 1. The number of anilines is 1. The molecular formula is C25H20F2N12O3. The molecule has 4 N–H and O–H groups in total. The fourth-order valence-corrected chi connectivity index (χ4v) is 4.90. The Bertz CT molecular complexity index is 2120. The minimum absolute atomic E-state index is 0.0600. The van der Waals surface area contributed by atoms with Crippen molar-refractivity contribution in [3.63, 3.8) is 0 Å². The first-order valence-corrected chi connectivity index (χ1v) is 12.3. The lowest BCUT2D eigenvalue weighted by molar-refractivity contribution is 0.0997. The fraction of sp³-hybridized carbons (Fsp3) is 0.160. The molecule has 0 spiro atoms. The van der Waals surface area contributed by atoms with E-state index in [1.165, 1.54) is 44.0 Å². The van der Waals surface area contributed by atoms with Crippen LogP contribution in [0.3, 0.4) is 0 Å². The number of hydrogen-bond donors (Lipinski definition) is 3. The van der Waals surface area contributed by atoms with Gasteiger partial charge in [0.05, 0.1) is 23.0 Å². The van der Waals surface area contributed by atoms with Gasteiger partial charge in [0.2, 0.25) is 0 Å². The van der Waals surface area contributed by atoms with Crippen molar-refractivity contribution in [3.05, 3.63) is 104 Å². The number of aryl methyl sites for hydroxylation is 2. The third-order valence-corrected chi connectivity index (χ3v) is 6.81. The third-order valence-electron chi connectivity index (χ3n) is 6.81. The van der Waals surface area contributed by atoms with E-state index in [0.29, 0.717) is 22.6 Å². The van der Waals surface area contributed by atoms with E-state index in [2.05, 4.69) is 40.9 Å². The van der Waals surface area contributed by atoms with Gasteiger partial charge in [-0.1, -0.05) is 17.3 Å². The zero-order valence-corrected chi connectivity index (χ0v) is 21.9. The smallest absolute Gasteiger partial charge is 0.352 e. The van der Waals surface area contributed by atoms with E-state index in [4.69, 9.17) is 5.73 Å². The molecule has 5 heterocycles. The largest absolute Gasteiger partial charge is 0.376 e. The number of amides is 1. The number of rotatable bonds is 3. The first-order valence-electron chi connectivity index (χ1n) is 12.3. The van der Waals surface area contributed by atoms with Gasteiger partial charge < -0.3 is 11.1 Å². The highest BCUT2D eigenvalue weighted by molar-refractivity contribution is 5.97. The number of benzene rings is 2. The van der Waals surface area contributed by atoms with Gasteiger partial charge >= 0.3 is 5.69 Å². The summed E-state index contributed by atoms with van der Waals surface area (Å²) in [5.74, 6) is -1.46. The lowest BCUT2D eigenvalue weighted by Crippen LogP contribution is -2.30. The van der Waals surface area contributed by atoms with Gasteiger partial charge in [-0.05, 0) is 29.8 Å². The van der Waals surface area contributed by atoms with Gasteiger partial charge in [-0.15, -0.1) is 5.10 Å². The van der Waals surface area contributed by atoms with Crippen LogP contribution in [0.1, 0.15) is 39.5 Å². The molecule has 212 valence electrons. The maximum atomic E-state index is 14.1. The summed E-state index contributed by atoms with van der Waals surface area (Å²) < 4.78 is 31.4. The molecule has 0 unspecified atom stereocenters. The molecular weight excluding hydrogens is 554 g/mol. The molecule has 0 bridgehead atoms. The highest BCUT2D eigenvalue weighted by atomic mass is 19.1. The Hall–Kier alpha value is -5.87. The molecule has 4 aromatic heterocycles. The van der Waals surface area contributed by atoms with E-state index in [1.807, 2.05) is 0 Å². The molecule has 0 saturated carbocycles. The second-order valence-corrected chi connectivity index (χ2v) is 9.35. The zero-order valence-electron chi connectivity index (χ0n) is 21.9. The molecule has 7 rings (SSSR count). The van der Waals surface area contributed by atoms with Crippen LogP contribution in [0.4, 0.5) is 14.5 Å². The van der Waals surface area contributed by atoms with E-state index in [0.717, 1.165) is 14.6 Å². The molecule has 17 heteroatoms. The molecule has 0 fully saturated rings. The number of aromatic nitrogens is 10. The van der Waals surface area contributed by atoms with Crippen LogP contribution in [0.2, 0.25) is 0 Å². The Morgan fingerprint density at radius 1 is 1.02 bits per heavy atom. The Morgan fingerprint density at radius 2 is 1.79 bits per heavy atom. The molecule has 0 aliphatic carbocycles. The number of fused-ring (bicyclic) bond motifs is 1. The van der Waals surface area contributed by atoms with Gasteiger partial charge in [-0.2, -0.15) is 14.9 Å². The summed E-state index contributed by atoms with van der Waals surface area (Å²) in [5, 5.41) is 22.1. The summed E-state index contributed by atoms with van der Waals surface area (Å²) in [7, 11) is 3.20. The van der Waals surface area contributed by atoms with Gasteiger partial charge in [-0.25, -0.2) is 33.0 Å². The van der Waals surface area contributed by atoms with Crippen molar-refractivity contribution >= 4 is 28.0 Å². The van der Waals surface area contributed by atoms with E-state index in [-0.39, 0.29) is 22.5 Å². The number of hydrogen-bond acceptors (Lipinski definition) is 10. The molecule has 42 heavy (non-hydrogen) atoms. The third kappa shape index (κ3) is 4.32. The van der Waals surface area contributed by atoms with E-state index < -0.39 is 34.9 Å². The molecule has 2 aromatic carbocycles. The number of primary amides is 1. The monoisotopic (exact) mass is 574 g/mol. The van der Waals surface area contributed by atoms with Crippen LogP contribution < -0.4 is 22.3 Å². The van der Waals surface area contributed by atoms with E-state index in [1.54, 1.807) is 23.9 Å². The summed E-state index contributed by atoms with van der Waals surface area (Å²) in [6, 6.07) is 8.14.